The van der Waals surface area contributed by atoms with Crippen molar-refractivity contribution in [1.82, 2.24) is 0 Å². The number of nitrogens with zero attached hydrogens (tertiary/aromatic N) is 1. The van der Waals surface area contributed by atoms with Crippen molar-refractivity contribution in [3.8, 4) is 0 Å². The summed E-state index contributed by atoms with van der Waals surface area (Å²) in [5.41, 5.74) is 0. The predicted octanol–water partition coefficient (Wildman–Crippen LogP) is 20.2. The molecule has 0 heterocycles. The molecule has 10 heteroatoms. The second kappa shape index (κ2) is 58.6. The van der Waals surface area contributed by atoms with E-state index in [0.717, 1.165) is 64.2 Å². The van der Waals surface area contributed by atoms with Crippen molar-refractivity contribution in [3.05, 3.63) is 48.6 Å². The summed E-state index contributed by atoms with van der Waals surface area (Å²) < 4.78 is 34.3. The number of allylic oxidation sites excluding steroid dienone is 8. The van der Waals surface area contributed by atoms with Gasteiger partial charge in [-0.3, -0.25) is 14.2 Å². The van der Waals surface area contributed by atoms with Gasteiger partial charge in [-0.15, -0.1) is 0 Å². The molecule has 0 saturated heterocycles. The number of carbonyl (C=O) groups is 2. The predicted molar refractivity (Wildman–Crippen MR) is 328 cm³/mol. The molecule has 0 aliphatic carbocycles. The Morgan fingerprint density at radius 2 is 0.740 bits per heavy atom. The zero-order chi connectivity index (χ0) is 56.3. The summed E-state index contributed by atoms with van der Waals surface area (Å²) in [4.78, 5) is 38.0. The Bertz CT molecular complexity index is 1440. The van der Waals surface area contributed by atoms with E-state index >= 15 is 0 Å². The number of hydrogen-bond acceptors (Lipinski definition) is 8. The maximum absolute atomic E-state index is 12.8. The Balaban J connectivity index is 4.05. The van der Waals surface area contributed by atoms with E-state index in [1.54, 1.807) is 0 Å². The Morgan fingerprint density at radius 1 is 0.416 bits per heavy atom. The molecule has 0 bridgehead atoms. The molecule has 0 aliphatic heterocycles. The summed E-state index contributed by atoms with van der Waals surface area (Å²) >= 11 is 0. The van der Waals surface area contributed by atoms with Gasteiger partial charge < -0.3 is 27.9 Å². The number of unbranched alkanes of at least 4 members (excludes halogenated alkanes) is 39. The molecule has 0 aromatic carbocycles. The molecule has 0 saturated carbocycles. The number of ether oxygens (including phenoxy) is 2. The van der Waals surface area contributed by atoms with Gasteiger partial charge in [-0.2, -0.15) is 0 Å². The first-order chi connectivity index (χ1) is 37.5. The Labute approximate surface area is 477 Å². The topological polar surface area (TPSA) is 111 Å². The van der Waals surface area contributed by atoms with Gasteiger partial charge in [0.1, 0.15) is 19.8 Å². The lowest BCUT2D eigenvalue weighted by Gasteiger charge is -2.28. The molecule has 0 N–H and O–H groups in total. The first-order valence-electron chi connectivity index (χ1n) is 32.8. The van der Waals surface area contributed by atoms with Crippen LogP contribution in [0.25, 0.3) is 0 Å². The van der Waals surface area contributed by atoms with Crippen LogP contribution in [0.1, 0.15) is 316 Å². The number of likely N-dealkylation sites (N-methyl/N-ethyl adjacent to an activating group) is 1. The van der Waals surface area contributed by atoms with Gasteiger partial charge in [0.05, 0.1) is 27.7 Å². The summed E-state index contributed by atoms with van der Waals surface area (Å²) in [6, 6.07) is 0. The van der Waals surface area contributed by atoms with E-state index in [-0.39, 0.29) is 32.0 Å². The summed E-state index contributed by atoms with van der Waals surface area (Å²) in [7, 11) is 1.18. The lowest BCUT2D eigenvalue weighted by atomic mass is 10.0. The van der Waals surface area contributed by atoms with Crippen LogP contribution in [0.15, 0.2) is 48.6 Å². The minimum atomic E-state index is -4.64. The van der Waals surface area contributed by atoms with E-state index in [9.17, 15) is 19.0 Å². The molecule has 0 spiro atoms. The highest BCUT2D eigenvalue weighted by Crippen LogP contribution is 2.38. The van der Waals surface area contributed by atoms with Gasteiger partial charge in [0.2, 0.25) is 0 Å². The van der Waals surface area contributed by atoms with E-state index < -0.39 is 26.5 Å². The van der Waals surface area contributed by atoms with E-state index in [4.69, 9.17) is 18.5 Å². The molecule has 0 rings (SSSR count). The van der Waals surface area contributed by atoms with Crippen molar-refractivity contribution in [3.63, 3.8) is 0 Å². The Kier molecular flexibility index (Phi) is 57.1. The number of quaternary nitrogens is 1. The molecule has 0 radical (unpaired) electrons. The van der Waals surface area contributed by atoms with Crippen molar-refractivity contribution in [2.75, 3.05) is 47.5 Å². The van der Waals surface area contributed by atoms with E-state index in [1.807, 2.05) is 21.1 Å². The second-order valence-electron chi connectivity index (χ2n) is 23.5. The minimum absolute atomic E-state index is 0.0302. The number of phosphoric acid groups is 1. The third-order valence-corrected chi connectivity index (χ3v) is 15.6. The van der Waals surface area contributed by atoms with Gasteiger partial charge in [-0.05, 0) is 51.4 Å². The fraction of sp³-hybridized carbons (Fsp3) is 0.851. The summed E-state index contributed by atoms with van der Waals surface area (Å²) in [6.45, 7) is 4.18. The van der Waals surface area contributed by atoms with Gasteiger partial charge >= 0.3 is 11.9 Å². The highest BCUT2D eigenvalue weighted by Gasteiger charge is 2.22. The van der Waals surface area contributed by atoms with Crippen molar-refractivity contribution < 1.29 is 42.1 Å². The molecule has 2 atom stereocenters. The Morgan fingerprint density at radius 3 is 1.10 bits per heavy atom. The summed E-state index contributed by atoms with van der Waals surface area (Å²) in [6.07, 6.45) is 74.7. The zero-order valence-corrected chi connectivity index (χ0v) is 52.3. The van der Waals surface area contributed by atoms with Crippen LogP contribution in [0, 0.1) is 0 Å². The van der Waals surface area contributed by atoms with E-state index in [0.29, 0.717) is 17.4 Å². The highest BCUT2D eigenvalue weighted by atomic mass is 31.2. The fourth-order valence-corrected chi connectivity index (χ4v) is 10.3. The minimum Gasteiger partial charge on any atom is -0.756 e. The molecule has 0 aliphatic rings. The van der Waals surface area contributed by atoms with Crippen LogP contribution in [0.2, 0.25) is 0 Å². The van der Waals surface area contributed by atoms with E-state index in [2.05, 4.69) is 62.5 Å². The number of phosphoric ester groups is 1. The normalized spacial score (nSPS) is 13.5. The molecule has 452 valence electrons. The average Bonchev–Trinajstić information content (AvgIpc) is 3.39. The zero-order valence-electron chi connectivity index (χ0n) is 51.4. The van der Waals surface area contributed by atoms with Gasteiger partial charge in [-0.1, -0.05) is 300 Å². The van der Waals surface area contributed by atoms with Crippen LogP contribution in [0.5, 0.6) is 0 Å². The van der Waals surface area contributed by atoms with Gasteiger partial charge in [-0.25, -0.2) is 0 Å². The second-order valence-corrected chi connectivity index (χ2v) is 24.9. The van der Waals surface area contributed by atoms with Crippen LogP contribution in [-0.2, 0) is 32.7 Å². The number of rotatable bonds is 61. The van der Waals surface area contributed by atoms with Crippen molar-refractivity contribution >= 4 is 19.8 Å². The first kappa shape index (κ1) is 75.0. The van der Waals surface area contributed by atoms with Crippen LogP contribution in [-0.4, -0.2) is 70.0 Å². The summed E-state index contributed by atoms with van der Waals surface area (Å²) in [5, 5.41) is 0. The molecule has 2 unspecified atom stereocenters. The van der Waals surface area contributed by atoms with Crippen LogP contribution in [0.3, 0.4) is 0 Å². The van der Waals surface area contributed by atoms with Gasteiger partial charge in [0.15, 0.2) is 6.10 Å². The van der Waals surface area contributed by atoms with Gasteiger partial charge in [0, 0.05) is 12.8 Å². The standard InChI is InChI=1S/C67H126NO8P/c1-6-8-10-12-14-16-18-20-22-24-26-28-30-32-33-34-36-37-39-41-43-45-47-49-51-53-55-57-59-66(69)73-63-65(64-75-77(71,72)74-62-61-68(3,4)5)76-67(70)60-58-56-54-52-50-48-46-44-42-40-38-35-31-29-27-25-23-21-19-17-15-13-11-9-7-2/h9,11,15,17,21,23,27,29,65H,6-8,10,12-14,16,18-20,22,24-26,28,30-64H2,1-5H3/b11-9-,17-15-,23-21-,29-27-. The molecule has 9 nitrogen and oxygen atoms in total. The van der Waals surface area contributed by atoms with Crippen molar-refractivity contribution in [2.45, 2.75) is 322 Å². The van der Waals surface area contributed by atoms with Gasteiger partial charge in [0.25, 0.3) is 7.82 Å². The molecule has 77 heavy (non-hydrogen) atoms. The van der Waals surface area contributed by atoms with Crippen LogP contribution >= 0.6 is 7.82 Å². The quantitative estimate of drug-likeness (QED) is 0.0195. The van der Waals surface area contributed by atoms with Crippen molar-refractivity contribution in [1.29, 1.82) is 0 Å². The smallest absolute Gasteiger partial charge is 0.306 e. The average molecular weight is 1100 g/mol. The molecule has 0 aromatic heterocycles. The highest BCUT2D eigenvalue weighted by molar-refractivity contribution is 7.45. The monoisotopic (exact) mass is 1100 g/mol. The summed E-state index contributed by atoms with van der Waals surface area (Å²) in [5.74, 6) is -0.820. The molecule has 0 fully saturated rings. The van der Waals surface area contributed by atoms with Crippen LogP contribution < -0.4 is 4.89 Å². The maximum Gasteiger partial charge on any atom is 0.306 e. The maximum atomic E-state index is 12.8. The number of esters is 2. The fourth-order valence-electron chi connectivity index (χ4n) is 9.59. The Hall–Kier alpha value is -2.03. The lowest BCUT2D eigenvalue weighted by Crippen LogP contribution is -2.37. The molecular weight excluding hydrogens is 978 g/mol. The van der Waals surface area contributed by atoms with Crippen LogP contribution in [0.4, 0.5) is 0 Å². The number of hydrogen-bond donors (Lipinski definition) is 0. The molecule has 0 amide bonds. The molecular formula is C67H126NO8P. The SMILES string of the molecule is CC/C=C\C/C=C\C/C=C\C/C=C\CCCCCCCCCCCCCCC(=O)OC(COC(=O)CCCCCCCCCCCCCCCCCCCCCCCCCCCCCC)COP(=O)([O-])OCC[N+](C)(C)C. The number of carbonyl (C=O) groups excluding carboxylic acids is 2. The third kappa shape index (κ3) is 63.0. The molecule has 0 aromatic rings. The lowest BCUT2D eigenvalue weighted by molar-refractivity contribution is -0.870. The third-order valence-electron chi connectivity index (χ3n) is 14.6. The first-order valence-corrected chi connectivity index (χ1v) is 34.3. The van der Waals surface area contributed by atoms with E-state index in [1.165, 1.54) is 218 Å². The largest absolute Gasteiger partial charge is 0.756 e. The van der Waals surface area contributed by atoms with Crippen molar-refractivity contribution in [2.24, 2.45) is 0 Å².